The summed E-state index contributed by atoms with van der Waals surface area (Å²) < 4.78 is 73.8. The van der Waals surface area contributed by atoms with Crippen molar-refractivity contribution in [1.82, 2.24) is 0 Å². The molecular weight excluding hydrogens is 1220 g/mol. The summed E-state index contributed by atoms with van der Waals surface area (Å²) in [6.07, 6.45) is -0.979. The highest BCUT2D eigenvalue weighted by Gasteiger charge is 2.29. The van der Waals surface area contributed by atoms with E-state index in [-0.39, 0.29) is 90.0 Å². The first-order valence-corrected chi connectivity index (χ1v) is 31.9. The second kappa shape index (κ2) is 62.2. The van der Waals surface area contributed by atoms with Crippen molar-refractivity contribution in [3.63, 3.8) is 0 Å². The average molecular weight is 1360 g/mol. The molecule has 24 heteroatoms. The Bertz CT molecular complexity index is 2060. The Labute approximate surface area is 566 Å². The fourth-order valence-electron chi connectivity index (χ4n) is 7.11. The van der Waals surface area contributed by atoms with Crippen molar-refractivity contribution in [3.8, 4) is 0 Å². The monoisotopic (exact) mass is 1350 g/mol. The molecule has 1 N–H and O–H groups in total. The smallest absolute Gasteiger partial charge is 0.336 e. The molecular formula is C70H130O24. The normalized spacial score (nSPS) is 13.2. The molecule has 0 fully saturated rings. The van der Waals surface area contributed by atoms with Gasteiger partial charge in [-0.25, -0.2) is 38.4 Å². The number of hydrogen-bond donors (Lipinski definition) is 1. The molecule has 0 spiro atoms. The van der Waals surface area contributed by atoms with Gasteiger partial charge in [0.1, 0.15) is 18.8 Å². The number of carboxylic acid groups (broad SMARTS) is 1. The Hall–Kier alpha value is -5.60. The van der Waals surface area contributed by atoms with Crippen LogP contribution in [0.2, 0.25) is 0 Å². The zero-order chi connectivity index (χ0) is 75.0. The first kappa shape index (κ1) is 102. The Morgan fingerprint density at radius 1 is 0.436 bits per heavy atom. The lowest BCUT2D eigenvalue weighted by Crippen LogP contribution is -2.35. The maximum atomic E-state index is 11.6. The highest BCUT2D eigenvalue weighted by atomic mass is 16.6. The molecule has 0 aliphatic rings. The molecule has 0 aromatic heterocycles. The van der Waals surface area contributed by atoms with E-state index in [4.69, 9.17) is 66.7 Å². The van der Waals surface area contributed by atoms with Crippen molar-refractivity contribution in [2.24, 2.45) is 41.4 Å². The number of esters is 7. The largest absolute Gasteiger partial charge is 0.479 e. The van der Waals surface area contributed by atoms with Gasteiger partial charge in [0.15, 0.2) is 48.8 Å². The van der Waals surface area contributed by atoms with Gasteiger partial charge in [-0.05, 0) is 101 Å². The number of rotatable bonds is 32. The van der Waals surface area contributed by atoms with Gasteiger partial charge in [0, 0.05) is 56.9 Å². The summed E-state index contributed by atoms with van der Waals surface area (Å²) in [5.74, 6) is -1.77. The second-order valence-corrected chi connectivity index (χ2v) is 24.3. The Morgan fingerprint density at radius 3 is 1.03 bits per heavy atom. The molecule has 0 saturated heterocycles. The topological polar surface area (TPSA) is 295 Å². The molecule has 8 unspecified atom stereocenters. The molecule has 554 valence electrons. The van der Waals surface area contributed by atoms with E-state index in [1.807, 2.05) is 176 Å². The van der Waals surface area contributed by atoms with E-state index in [9.17, 15) is 38.4 Å². The molecule has 0 aliphatic heterocycles. The van der Waals surface area contributed by atoms with Gasteiger partial charge in [-0.3, -0.25) is 0 Å². The van der Waals surface area contributed by atoms with Gasteiger partial charge in [0.2, 0.25) is 0 Å². The fraction of sp³-hybridized carbons (Fsp3) is 0.771. The fourth-order valence-corrected chi connectivity index (χ4v) is 7.11. The lowest BCUT2D eigenvalue weighted by atomic mass is 10.1. The number of hydrogen-bond acceptors (Lipinski definition) is 23. The molecule has 94 heavy (non-hydrogen) atoms. The first-order valence-electron chi connectivity index (χ1n) is 31.9. The van der Waals surface area contributed by atoms with E-state index in [2.05, 4.69) is 16.1 Å². The highest BCUT2D eigenvalue weighted by Crippen LogP contribution is 2.15. The third-order valence-electron chi connectivity index (χ3n) is 11.8. The highest BCUT2D eigenvalue weighted by molar-refractivity contribution is 5.77. The number of methoxy groups -OCH3 is 9. The molecule has 0 bridgehead atoms. The maximum Gasteiger partial charge on any atom is 0.336 e. The van der Waals surface area contributed by atoms with Crippen LogP contribution in [0.5, 0.6) is 0 Å². The number of carboxylic acids is 1. The van der Waals surface area contributed by atoms with Crippen LogP contribution >= 0.6 is 0 Å². The molecule has 1 aromatic rings. The Morgan fingerprint density at radius 2 is 0.777 bits per heavy atom. The van der Waals surface area contributed by atoms with Gasteiger partial charge >= 0.3 is 47.8 Å². The lowest BCUT2D eigenvalue weighted by molar-refractivity contribution is -0.169. The molecule has 0 saturated carbocycles. The molecule has 8 atom stereocenters. The standard InChI is InChI=1S/C13H18O3.C10H20O3.2C9H18O3.C8H16O3.C8H14O3.C7H14O3.C6H12O3/c1-10(2)12(15-3)13(14)16-9-11-7-5-4-6-8-11;1-7(2)8(12-6)9(11)13-10(3,4)5;1-6(2)8(11-5)9(10)12-7(3)4;1-5-8(11-4)9(10)12-6-7(2)3;1-5-11-8(9)7(10-4)6(2)3;1-4-6-11-8(9)7(5-2)10-3;1-5(2)6(9-3)7(8)10-4;1-4(2)5(9-3)6(7)8/h4-8,10,12H,9H2,1-3H3;7-8H,1-6H3;6-8H,1-5H3;7-8H,5-6H2,1-4H3;6-7H,5H2,1-4H3;4,7H,1,5-6H2,2-3H3;5-6H,1-4H3;4-5H,1-3H3,(H,7,8). The predicted octanol–water partition coefficient (Wildman–Crippen LogP) is 11.6. The SMILES string of the molecule is C=CCOC(=O)C(CC)OC.CCC(OC)C(=O)OCC(C)C.CCOC(=O)C(OC)C(C)C.COC(=O)C(OC)C(C)C.COC(C(=O)O)C(C)C.COC(C(=O)OC(C)(C)C)C(C)C.COC(C(=O)OC(C)C)C(C)C.COC(C(=O)OCc1ccccc1)C(C)C. The predicted molar refractivity (Wildman–Crippen MR) is 363 cm³/mol. The number of carbonyl (C=O) groups is 8. The summed E-state index contributed by atoms with van der Waals surface area (Å²) in [5.41, 5.74) is 0.539. The summed E-state index contributed by atoms with van der Waals surface area (Å²) in [5, 5.41) is 8.42. The average Bonchev–Trinajstić information content (AvgIpc) is 1.19. The Kier molecular flexibility index (Phi) is 67.5. The summed E-state index contributed by atoms with van der Waals surface area (Å²) in [6.45, 7) is 46.4. The third kappa shape index (κ3) is 55.7. The maximum absolute atomic E-state index is 11.6. The zero-order valence-corrected chi connectivity index (χ0v) is 63.5. The van der Waals surface area contributed by atoms with Crippen LogP contribution in [0, 0.1) is 41.4 Å². The molecule has 0 aliphatic carbocycles. The minimum absolute atomic E-state index is 0.0347. The van der Waals surface area contributed by atoms with Gasteiger partial charge in [-0.15, -0.1) is 0 Å². The van der Waals surface area contributed by atoms with Crippen LogP contribution in [0.25, 0.3) is 0 Å². The summed E-state index contributed by atoms with van der Waals surface area (Å²) in [7, 11) is 13.3. The minimum atomic E-state index is -0.896. The van der Waals surface area contributed by atoms with Gasteiger partial charge in [0.25, 0.3) is 0 Å². The van der Waals surface area contributed by atoms with Crippen LogP contribution in [-0.2, 0) is 116 Å². The molecule has 0 radical (unpaired) electrons. The molecule has 1 aromatic carbocycles. The van der Waals surface area contributed by atoms with Gasteiger partial charge in [0.05, 0.1) is 26.4 Å². The molecule has 0 amide bonds. The van der Waals surface area contributed by atoms with Gasteiger partial charge in [-0.2, -0.15) is 0 Å². The van der Waals surface area contributed by atoms with Gasteiger partial charge in [-0.1, -0.05) is 154 Å². The van der Waals surface area contributed by atoms with E-state index in [1.165, 1.54) is 70.1 Å². The van der Waals surface area contributed by atoms with E-state index < -0.39 is 60.4 Å². The number of carbonyl (C=O) groups excluding carboxylic acids is 7. The van der Waals surface area contributed by atoms with E-state index in [0.717, 1.165) is 5.56 Å². The van der Waals surface area contributed by atoms with Gasteiger partial charge < -0.3 is 76.2 Å². The van der Waals surface area contributed by atoms with Crippen LogP contribution in [0.3, 0.4) is 0 Å². The summed E-state index contributed by atoms with van der Waals surface area (Å²) in [4.78, 5) is 88.7. The van der Waals surface area contributed by atoms with Crippen molar-refractivity contribution >= 4 is 47.8 Å². The van der Waals surface area contributed by atoms with Crippen molar-refractivity contribution < 1.29 is 115 Å². The number of benzene rings is 1. The van der Waals surface area contributed by atoms with Crippen LogP contribution in [0.1, 0.15) is 171 Å². The molecule has 24 nitrogen and oxygen atoms in total. The Balaban J connectivity index is -0.000000185. The van der Waals surface area contributed by atoms with Crippen LogP contribution < -0.4 is 0 Å². The zero-order valence-electron chi connectivity index (χ0n) is 63.5. The van der Waals surface area contributed by atoms with Crippen molar-refractivity contribution in [3.05, 3.63) is 48.6 Å². The van der Waals surface area contributed by atoms with E-state index in [1.54, 1.807) is 6.92 Å². The van der Waals surface area contributed by atoms with Crippen molar-refractivity contribution in [1.29, 1.82) is 0 Å². The van der Waals surface area contributed by atoms with Crippen molar-refractivity contribution in [2.45, 2.75) is 232 Å². The quantitative estimate of drug-likeness (QED) is 0.0398. The van der Waals surface area contributed by atoms with Crippen LogP contribution in [-0.4, -0.2) is 197 Å². The number of ether oxygens (including phenoxy) is 15. The number of aliphatic carboxylic acids is 1. The summed E-state index contributed by atoms with van der Waals surface area (Å²) in [6, 6.07) is 9.60. The minimum Gasteiger partial charge on any atom is -0.479 e. The van der Waals surface area contributed by atoms with Crippen LogP contribution in [0.15, 0.2) is 43.0 Å². The first-order chi connectivity index (χ1) is 43.6. The lowest BCUT2D eigenvalue weighted by Gasteiger charge is -2.24. The summed E-state index contributed by atoms with van der Waals surface area (Å²) >= 11 is 0. The van der Waals surface area contributed by atoms with Crippen LogP contribution in [0.4, 0.5) is 0 Å². The van der Waals surface area contributed by atoms with E-state index in [0.29, 0.717) is 38.6 Å². The third-order valence-corrected chi connectivity index (χ3v) is 11.8. The molecule has 0 heterocycles. The van der Waals surface area contributed by atoms with E-state index >= 15 is 0 Å². The molecule has 1 rings (SSSR count). The second-order valence-electron chi connectivity index (χ2n) is 24.3. The van der Waals surface area contributed by atoms with Crippen molar-refractivity contribution in [2.75, 3.05) is 83.8 Å².